The van der Waals surface area contributed by atoms with Gasteiger partial charge in [0.15, 0.2) is 5.96 Å². The fourth-order valence-corrected chi connectivity index (χ4v) is 3.68. The van der Waals surface area contributed by atoms with E-state index in [1.165, 1.54) is 10.4 Å². The SMILES string of the molecule is CN=C(NCc1nc(C)c(C)s1)NC1CC1c1cccc(Cl)c1. The number of hydrogen-bond donors (Lipinski definition) is 2. The van der Waals surface area contributed by atoms with Gasteiger partial charge >= 0.3 is 0 Å². The number of thiazole rings is 1. The molecule has 1 heterocycles. The van der Waals surface area contributed by atoms with E-state index in [4.69, 9.17) is 11.6 Å². The highest BCUT2D eigenvalue weighted by Crippen LogP contribution is 2.41. The van der Waals surface area contributed by atoms with Gasteiger partial charge in [-0.1, -0.05) is 23.7 Å². The number of aromatic nitrogens is 1. The van der Waals surface area contributed by atoms with Crippen molar-refractivity contribution in [2.45, 2.75) is 38.8 Å². The highest BCUT2D eigenvalue weighted by atomic mass is 35.5. The van der Waals surface area contributed by atoms with Crippen LogP contribution in [0.25, 0.3) is 0 Å². The summed E-state index contributed by atoms with van der Waals surface area (Å²) in [4.78, 5) is 10.1. The second kappa shape index (κ2) is 6.89. The summed E-state index contributed by atoms with van der Waals surface area (Å²) >= 11 is 7.80. The van der Waals surface area contributed by atoms with Crippen molar-refractivity contribution in [2.75, 3.05) is 7.05 Å². The summed E-state index contributed by atoms with van der Waals surface area (Å²) < 4.78 is 0. The molecule has 2 aromatic rings. The first-order valence-corrected chi connectivity index (χ1v) is 8.92. The zero-order chi connectivity index (χ0) is 16.4. The highest BCUT2D eigenvalue weighted by molar-refractivity contribution is 7.11. The highest BCUT2D eigenvalue weighted by Gasteiger charge is 2.39. The van der Waals surface area contributed by atoms with Crippen molar-refractivity contribution in [3.63, 3.8) is 0 Å². The molecule has 2 N–H and O–H groups in total. The third-order valence-corrected chi connectivity index (χ3v) is 5.40. The van der Waals surface area contributed by atoms with Crippen LogP contribution in [0.1, 0.15) is 33.5 Å². The summed E-state index contributed by atoms with van der Waals surface area (Å²) in [7, 11) is 1.80. The normalized spacial score (nSPS) is 20.4. The van der Waals surface area contributed by atoms with Crippen molar-refractivity contribution in [2.24, 2.45) is 4.99 Å². The molecule has 3 rings (SSSR count). The maximum Gasteiger partial charge on any atom is 0.191 e. The van der Waals surface area contributed by atoms with Crippen molar-refractivity contribution in [1.82, 2.24) is 15.6 Å². The van der Waals surface area contributed by atoms with Gasteiger partial charge in [0.25, 0.3) is 0 Å². The quantitative estimate of drug-likeness (QED) is 0.655. The minimum Gasteiger partial charge on any atom is -0.353 e. The first-order valence-electron chi connectivity index (χ1n) is 7.72. The van der Waals surface area contributed by atoms with Crippen molar-refractivity contribution < 1.29 is 0 Å². The molecule has 0 bridgehead atoms. The Bertz CT molecular complexity index is 706. The number of aryl methyl sites for hydroxylation is 2. The number of halogens is 1. The lowest BCUT2D eigenvalue weighted by atomic mass is 10.1. The maximum atomic E-state index is 6.07. The van der Waals surface area contributed by atoms with Crippen LogP contribution in [0, 0.1) is 13.8 Å². The smallest absolute Gasteiger partial charge is 0.191 e. The topological polar surface area (TPSA) is 49.3 Å². The lowest BCUT2D eigenvalue weighted by molar-refractivity contribution is 0.786. The molecular formula is C17H21ClN4S. The Morgan fingerprint density at radius 3 is 2.91 bits per heavy atom. The molecule has 1 aliphatic carbocycles. The fourth-order valence-electron chi connectivity index (χ4n) is 2.60. The molecule has 1 saturated carbocycles. The second-order valence-corrected chi connectivity index (χ2v) is 7.55. The van der Waals surface area contributed by atoms with Gasteiger partial charge in [0.1, 0.15) is 5.01 Å². The molecule has 0 aliphatic heterocycles. The molecule has 6 heteroatoms. The minimum atomic E-state index is 0.416. The third kappa shape index (κ3) is 4.03. The predicted molar refractivity (Wildman–Crippen MR) is 97.5 cm³/mol. The van der Waals surface area contributed by atoms with Crippen molar-refractivity contribution in [3.8, 4) is 0 Å². The van der Waals surface area contributed by atoms with E-state index >= 15 is 0 Å². The summed E-state index contributed by atoms with van der Waals surface area (Å²) in [6, 6.07) is 8.52. The molecule has 1 fully saturated rings. The Hall–Kier alpha value is -1.59. The lowest BCUT2D eigenvalue weighted by Crippen LogP contribution is -2.38. The zero-order valence-electron chi connectivity index (χ0n) is 13.6. The standard InChI is InChI=1S/C17H21ClN4S/c1-10-11(2)23-16(21-10)9-20-17(19-3)22-15-8-14(15)12-5-4-6-13(18)7-12/h4-7,14-15H,8-9H2,1-3H3,(H2,19,20,22). The van der Waals surface area contributed by atoms with E-state index in [-0.39, 0.29) is 0 Å². The van der Waals surface area contributed by atoms with E-state index in [2.05, 4.69) is 33.6 Å². The Balaban J connectivity index is 1.53. The van der Waals surface area contributed by atoms with Crippen LogP contribution in [0.5, 0.6) is 0 Å². The van der Waals surface area contributed by atoms with Crippen molar-refractivity contribution in [1.29, 1.82) is 0 Å². The van der Waals surface area contributed by atoms with Crippen LogP contribution in [-0.4, -0.2) is 24.0 Å². The first kappa shape index (κ1) is 16.3. The van der Waals surface area contributed by atoms with E-state index in [0.29, 0.717) is 18.5 Å². The lowest BCUT2D eigenvalue weighted by Gasteiger charge is -2.11. The van der Waals surface area contributed by atoms with Crippen LogP contribution in [0.15, 0.2) is 29.3 Å². The Labute approximate surface area is 146 Å². The molecule has 0 radical (unpaired) electrons. The maximum absolute atomic E-state index is 6.07. The number of benzene rings is 1. The average molecular weight is 349 g/mol. The van der Waals surface area contributed by atoms with Gasteiger partial charge < -0.3 is 10.6 Å². The molecule has 1 aromatic carbocycles. The molecule has 2 atom stereocenters. The molecule has 122 valence electrons. The summed E-state index contributed by atoms with van der Waals surface area (Å²) in [5.74, 6) is 1.33. The van der Waals surface area contributed by atoms with Gasteiger partial charge in [-0.3, -0.25) is 4.99 Å². The van der Waals surface area contributed by atoms with Gasteiger partial charge in [-0.15, -0.1) is 11.3 Å². The first-order chi connectivity index (χ1) is 11.1. The summed E-state index contributed by atoms with van der Waals surface area (Å²) in [6.45, 7) is 4.85. The van der Waals surface area contributed by atoms with Gasteiger partial charge in [-0.25, -0.2) is 4.98 Å². The monoisotopic (exact) mass is 348 g/mol. The number of aliphatic imine (C=N–C) groups is 1. The predicted octanol–water partition coefficient (Wildman–Crippen LogP) is 3.63. The van der Waals surface area contributed by atoms with E-state index in [1.807, 2.05) is 25.1 Å². The molecule has 0 saturated heterocycles. The zero-order valence-corrected chi connectivity index (χ0v) is 15.1. The second-order valence-electron chi connectivity index (χ2n) is 5.82. The molecule has 23 heavy (non-hydrogen) atoms. The van der Waals surface area contributed by atoms with Crippen LogP contribution < -0.4 is 10.6 Å². The van der Waals surface area contributed by atoms with Crippen LogP contribution >= 0.6 is 22.9 Å². The molecule has 2 unspecified atom stereocenters. The van der Waals surface area contributed by atoms with Crippen LogP contribution in [0.4, 0.5) is 0 Å². The van der Waals surface area contributed by atoms with Crippen molar-refractivity contribution >= 4 is 28.9 Å². The van der Waals surface area contributed by atoms with Gasteiger partial charge in [-0.05, 0) is 38.0 Å². The Kier molecular flexibility index (Phi) is 4.87. The van der Waals surface area contributed by atoms with E-state index in [1.54, 1.807) is 18.4 Å². The summed E-state index contributed by atoms with van der Waals surface area (Å²) in [5.41, 5.74) is 2.40. The van der Waals surface area contributed by atoms with Crippen molar-refractivity contribution in [3.05, 3.63) is 50.4 Å². The molecule has 4 nitrogen and oxygen atoms in total. The van der Waals surface area contributed by atoms with Crippen LogP contribution in [0.3, 0.4) is 0 Å². The number of guanidine groups is 1. The summed E-state index contributed by atoms with van der Waals surface area (Å²) in [6.07, 6.45) is 1.11. The van der Waals surface area contributed by atoms with E-state index in [0.717, 1.165) is 28.1 Å². The van der Waals surface area contributed by atoms with Gasteiger partial charge in [0.05, 0.1) is 12.2 Å². The number of nitrogens with zero attached hydrogens (tertiary/aromatic N) is 2. The van der Waals surface area contributed by atoms with Crippen LogP contribution in [0.2, 0.25) is 5.02 Å². The van der Waals surface area contributed by atoms with Gasteiger partial charge in [-0.2, -0.15) is 0 Å². The number of rotatable bonds is 4. The minimum absolute atomic E-state index is 0.416. The molecular weight excluding hydrogens is 328 g/mol. The number of hydrogen-bond acceptors (Lipinski definition) is 3. The van der Waals surface area contributed by atoms with E-state index in [9.17, 15) is 0 Å². The van der Waals surface area contributed by atoms with Crippen LogP contribution in [-0.2, 0) is 6.54 Å². The molecule has 0 amide bonds. The fraction of sp³-hybridized carbons (Fsp3) is 0.412. The Morgan fingerprint density at radius 1 is 1.43 bits per heavy atom. The van der Waals surface area contributed by atoms with E-state index < -0.39 is 0 Å². The average Bonchev–Trinajstić information content (AvgIpc) is 3.22. The number of nitrogens with one attached hydrogen (secondary N) is 2. The largest absolute Gasteiger partial charge is 0.353 e. The third-order valence-electron chi connectivity index (χ3n) is 4.09. The summed E-state index contributed by atoms with van der Waals surface area (Å²) in [5, 5.41) is 8.70. The van der Waals surface area contributed by atoms with Gasteiger partial charge in [0, 0.05) is 28.9 Å². The molecule has 0 spiro atoms. The van der Waals surface area contributed by atoms with Gasteiger partial charge in [0.2, 0.25) is 0 Å². The molecule has 1 aromatic heterocycles. The molecule has 1 aliphatic rings. The Morgan fingerprint density at radius 2 is 2.26 bits per heavy atom.